The number of hydrogen-bond acceptors (Lipinski definition) is 6. The maximum absolute atomic E-state index is 12.3. The summed E-state index contributed by atoms with van der Waals surface area (Å²) >= 11 is 1.22. The van der Waals surface area contributed by atoms with Gasteiger partial charge in [-0.05, 0) is 61.5 Å². The summed E-state index contributed by atoms with van der Waals surface area (Å²) in [6.07, 6.45) is 1.77. The summed E-state index contributed by atoms with van der Waals surface area (Å²) in [7, 11) is 0. The van der Waals surface area contributed by atoms with Crippen LogP contribution in [-0.2, 0) is 9.59 Å². The van der Waals surface area contributed by atoms with Gasteiger partial charge >= 0.3 is 0 Å². The number of carbonyl (C=O) groups is 2. The molecular formula is C21H20N2O4S. The molecule has 0 radical (unpaired) electrons. The minimum atomic E-state index is -0.517. The Morgan fingerprint density at radius 1 is 1.25 bits per heavy atom. The van der Waals surface area contributed by atoms with E-state index < -0.39 is 6.10 Å². The van der Waals surface area contributed by atoms with Gasteiger partial charge in [0.2, 0.25) is 0 Å². The normalized spacial score (nSPS) is 17.6. The Balaban J connectivity index is 1.83. The molecule has 0 bridgehead atoms. The Hall–Kier alpha value is -3.06. The molecule has 7 heteroatoms. The van der Waals surface area contributed by atoms with Crippen molar-refractivity contribution in [2.75, 3.05) is 0 Å². The molecule has 2 aromatic carbocycles. The lowest BCUT2D eigenvalue weighted by Crippen LogP contribution is -2.24. The summed E-state index contributed by atoms with van der Waals surface area (Å²) in [5.41, 5.74) is 1.34. The Bertz CT molecular complexity index is 951. The second-order valence-electron chi connectivity index (χ2n) is 6.16. The van der Waals surface area contributed by atoms with Crippen LogP contribution >= 0.6 is 11.8 Å². The van der Waals surface area contributed by atoms with Crippen molar-refractivity contribution in [1.82, 2.24) is 5.32 Å². The summed E-state index contributed by atoms with van der Waals surface area (Å²) in [4.78, 5) is 28.8. The van der Waals surface area contributed by atoms with E-state index in [0.717, 1.165) is 0 Å². The molecule has 1 heterocycles. The minimum Gasteiger partial charge on any atom is -0.508 e. The Morgan fingerprint density at radius 2 is 1.96 bits per heavy atom. The molecule has 28 heavy (non-hydrogen) atoms. The fraction of sp³-hybridized carbons (Fsp3) is 0.190. The van der Waals surface area contributed by atoms with E-state index in [9.17, 15) is 14.7 Å². The predicted octanol–water partition coefficient (Wildman–Crippen LogP) is 4.03. The van der Waals surface area contributed by atoms with E-state index in [4.69, 9.17) is 4.74 Å². The van der Waals surface area contributed by atoms with Crippen LogP contribution in [0.2, 0.25) is 0 Å². The number of amidine groups is 1. The molecule has 1 aliphatic heterocycles. The van der Waals surface area contributed by atoms with Crippen molar-refractivity contribution < 1.29 is 19.4 Å². The molecule has 0 saturated carbocycles. The van der Waals surface area contributed by atoms with Crippen LogP contribution in [0.3, 0.4) is 0 Å². The van der Waals surface area contributed by atoms with Gasteiger partial charge in [0.25, 0.3) is 5.91 Å². The van der Waals surface area contributed by atoms with E-state index >= 15 is 0 Å². The number of aromatic hydroxyl groups is 1. The van der Waals surface area contributed by atoms with Gasteiger partial charge in [0.15, 0.2) is 17.1 Å². The van der Waals surface area contributed by atoms with Crippen LogP contribution in [0.15, 0.2) is 58.4 Å². The number of amides is 1. The summed E-state index contributed by atoms with van der Waals surface area (Å²) in [5, 5.41) is 12.5. The zero-order chi connectivity index (χ0) is 20.1. The number of nitrogens with zero attached hydrogens (tertiary/aromatic N) is 1. The first kappa shape index (κ1) is 19.7. The van der Waals surface area contributed by atoms with Crippen molar-refractivity contribution in [1.29, 1.82) is 0 Å². The molecular weight excluding hydrogens is 376 g/mol. The number of benzene rings is 2. The van der Waals surface area contributed by atoms with E-state index in [1.165, 1.54) is 30.8 Å². The van der Waals surface area contributed by atoms with Crippen molar-refractivity contribution in [3.05, 3.63) is 59.0 Å². The van der Waals surface area contributed by atoms with Crippen LogP contribution in [0.5, 0.6) is 11.5 Å². The van der Waals surface area contributed by atoms with Gasteiger partial charge < -0.3 is 15.2 Å². The van der Waals surface area contributed by atoms with Gasteiger partial charge in [-0.1, -0.05) is 25.1 Å². The molecule has 1 atom stereocenters. The molecule has 0 spiro atoms. The number of phenols is 1. The number of ketones is 1. The number of thioether (sulfide) groups is 1. The standard InChI is InChI=1S/C21H20N2O4S/c1-3-17(13(2)24)27-18-7-5-4-6-14(18)12-19-20(26)23-21(28-19)22-15-8-10-16(25)11-9-15/h4-12,17,25H,3H2,1-2H3,(H,22,23,26)/b19-12-. The average Bonchev–Trinajstić information content (AvgIpc) is 3.01. The second-order valence-corrected chi connectivity index (χ2v) is 7.19. The average molecular weight is 396 g/mol. The maximum Gasteiger partial charge on any atom is 0.264 e. The Morgan fingerprint density at radius 3 is 2.64 bits per heavy atom. The number of carbonyl (C=O) groups excluding carboxylic acids is 2. The number of nitrogens with one attached hydrogen (secondary N) is 1. The molecule has 1 saturated heterocycles. The van der Waals surface area contributed by atoms with Crippen LogP contribution in [0.4, 0.5) is 5.69 Å². The molecule has 1 aliphatic rings. The lowest BCUT2D eigenvalue weighted by molar-refractivity contribution is -0.123. The molecule has 1 fully saturated rings. The molecule has 6 nitrogen and oxygen atoms in total. The predicted molar refractivity (Wildman–Crippen MR) is 111 cm³/mol. The van der Waals surface area contributed by atoms with Crippen LogP contribution in [0, 0.1) is 0 Å². The van der Waals surface area contributed by atoms with Crippen LogP contribution < -0.4 is 10.1 Å². The number of para-hydroxylation sites is 1. The summed E-state index contributed by atoms with van der Waals surface area (Å²) in [6, 6.07) is 13.7. The van der Waals surface area contributed by atoms with E-state index in [2.05, 4.69) is 10.3 Å². The smallest absolute Gasteiger partial charge is 0.264 e. The zero-order valence-electron chi connectivity index (χ0n) is 15.5. The zero-order valence-corrected chi connectivity index (χ0v) is 16.3. The van der Waals surface area contributed by atoms with Crippen LogP contribution in [-0.4, -0.2) is 28.1 Å². The highest BCUT2D eigenvalue weighted by molar-refractivity contribution is 8.18. The van der Waals surface area contributed by atoms with E-state index in [-0.39, 0.29) is 17.4 Å². The number of ether oxygens (including phenoxy) is 1. The van der Waals surface area contributed by atoms with Crippen LogP contribution in [0.25, 0.3) is 6.08 Å². The largest absolute Gasteiger partial charge is 0.508 e. The first-order valence-corrected chi connectivity index (χ1v) is 9.62. The summed E-state index contributed by atoms with van der Waals surface area (Å²) in [5.74, 6) is 0.409. The highest BCUT2D eigenvalue weighted by Gasteiger charge is 2.24. The fourth-order valence-corrected chi connectivity index (χ4v) is 3.41. The third-order valence-corrected chi connectivity index (χ3v) is 4.94. The SMILES string of the molecule is CCC(Oc1ccccc1/C=C1\SC(=Nc2ccc(O)cc2)NC1=O)C(C)=O. The monoisotopic (exact) mass is 396 g/mol. The molecule has 0 aliphatic carbocycles. The number of rotatable bonds is 6. The Kier molecular flexibility index (Phi) is 6.16. The van der Waals surface area contributed by atoms with Gasteiger partial charge in [-0.15, -0.1) is 0 Å². The van der Waals surface area contributed by atoms with Crippen molar-refractivity contribution in [2.45, 2.75) is 26.4 Å². The van der Waals surface area contributed by atoms with E-state index in [1.54, 1.807) is 24.3 Å². The second kappa shape index (κ2) is 8.75. The van der Waals surface area contributed by atoms with Crippen molar-refractivity contribution in [3.8, 4) is 11.5 Å². The van der Waals surface area contributed by atoms with E-state index in [1.807, 2.05) is 25.1 Å². The fourth-order valence-electron chi connectivity index (χ4n) is 2.58. The lowest BCUT2D eigenvalue weighted by atomic mass is 10.1. The maximum atomic E-state index is 12.3. The van der Waals surface area contributed by atoms with Gasteiger partial charge in [-0.2, -0.15) is 0 Å². The lowest BCUT2D eigenvalue weighted by Gasteiger charge is -2.16. The number of Topliss-reactive ketones (excluding diaryl/α,β-unsaturated/α-hetero) is 1. The van der Waals surface area contributed by atoms with Crippen LogP contribution in [0.1, 0.15) is 25.8 Å². The van der Waals surface area contributed by atoms with Gasteiger partial charge in [0, 0.05) is 5.56 Å². The quantitative estimate of drug-likeness (QED) is 0.720. The number of hydrogen-bond donors (Lipinski definition) is 2. The topological polar surface area (TPSA) is 88.0 Å². The minimum absolute atomic E-state index is 0.0405. The molecule has 1 amide bonds. The third-order valence-electron chi connectivity index (χ3n) is 4.03. The Labute approximate surface area is 167 Å². The molecule has 2 aromatic rings. The van der Waals surface area contributed by atoms with Crippen molar-refractivity contribution >= 4 is 40.4 Å². The van der Waals surface area contributed by atoms with Gasteiger partial charge in [-0.3, -0.25) is 9.59 Å². The van der Waals surface area contributed by atoms with E-state index in [0.29, 0.717) is 33.5 Å². The molecule has 3 rings (SSSR count). The number of phenolic OH excluding ortho intramolecular Hbond substituents is 1. The highest BCUT2D eigenvalue weighted by atomic mass is 32.2. The first-order chi connectivity index (χ1) is 13.5. The molecule has 0 aromatic heterocycles. The first-order valence-electron chi connectivity index (χ1n) is 8.81. The molecule has 2 N–H and O–H groups in total. The van der Waals surface area contributed by atoms with Gasteiger partial charge in [0.05, 0.1) is 10.6 Å². The number of aliphatic imine (C=N–C) groups is 1. The molecule has 1 unspecified atom stereocenters. The third kappa shape index (κ3) is 4.80. The van der Waals surface area contributed by atoms with Gasteiger partial charge in [0.1, 0.15) is 11.5 Å². The highest BCUT2D eigenvalue weighted by Crippen LogP contribution is 2.31. The van der Waals surface area contributed by atoms with Crippen molar-refractivity contribution in [3.63, 3.8) is 0 Å². The van der Waals surface area contributed by atoms with Gasteiger partial charge in [-0.25, -0.2) is 4.99 Å². The summed E-state index contributed by atoms with van der Waals surface area (Å²) in [6.45, 7) is 3.39. The van der Waals surface area contributed by atoms with Crippen molar-refractivity contribution in [2.24, 2.45) is 4.99 Å². The molecule has 144 valence electrons. The summed E-state index contributed by atoms with van der Waals surface area (Å²) < 4.78 is 5.85.